The van der Waals surface area contributed by atoms with Gasteiger partial charge in [0.15, 0.2) is 11.4 Å². The predicted molar refractivity (Wildman–Crippen MR) is 116 cm³/mol. The molecule has 7 heteroatoms. The molecule has 3 saturated carbocycles. The number of allylic oxidation sites excluding steroid dienone is 3. The van der Waals surface area contributed by atoms with Crippen molar-refractivity contribution in [3.05, 3.63) is 23.5 Å². The van der Waals surface area contributed by atoms with E-state index in [1.54, 1.807) is 6.08 Å². The summed E-state index contributed by atoms with van der Waals surface area (Å²) in [4.78, 5) is 37.6. The molecule has 0 unspecified atom stereocenters. The summed E-state index contributed by atoms with van der Waals surface area (Å²) in [6.45, 7) is 5.23. The third-order valence-electron chi connectivity index (χ3n) is 9.31. The summed E-state index contributed by atoms with van der Waals surface area (Å²) in [7, 11) is 1.40. The highest BCUT2D eigenvalue weighted by atomic mass is 16.6. The molecule has 32 heavy (non-hydrogen) atoms. The minimum atomic E-state index is -1.37. The van der Waals surface area contributed by atoms with Crippen LogP contribution in [0.5, 0.6) is 0 Å². The number of methoxy groups -OCH3 is 1. The van der Waals surface area contributed by atoms with Gasteiger partial charge in [-0.2, -0.15) is 0 Å². The van der Waals surface area contributed by atoms with Crippen molar-refractivity contribution in [2.24, 2.45) is 34.5 Å². The summed E-state index contributed by atoms with van der Waals surface area (Å²) < 4.78 is 10.8. The number of Topliss-reactive ketones (excluding diaryl/α,β-unsaturated/α-hetero) is 1. The molecular weight excluding hydrogens is 412 g/mol. The molecule has 0 spiro atoms. The third kappa shape index (κ3) is 2.97. The van der Waals surface area contributed by atoms with Crippen LogP contribution in [0.3, 0.4) is 0 Å². The first kappa shape index (κ1) is 23.2. The van der Waals surface area contributed by atoms with E-state index < -0.39 is 34.8 Å². The van der Waals surface area contributed by atoms with E-state index in [-0.39, 0.29) is 41.8 Å². The lowest BCUT2D eigenvalue weighted by Crippen LogP contribution is -2.60. The topological polar surface area (TPSA) is 110 Å². The van der Waals surface area contributed by atoms with Crippen LogP contribution in [0.15, 0.2) is 23.5 Å². The molecule has 3 fully saturated rings. The number of esters is 1. The molecule has 7 atom stereocenters. The number of ether oxygens (including phenoxy) is 2. The number of aliphatic hydroxyl groups is 2. The van der Waals surface area contributed by atoms with E-state index in [2.05, 4.69) is 6.92 Å². The Hall–Kier alpha value is -1.99. The van der Waals surface area contributed by atoms with Gasteiger partial charge in [0.25, 0.3) is 0 Å². The number of carbonyl (C=O) groups is 3. The molecule has 0 aromatic carbocycles. The maximum atomic E-state index is 13.1. The molecule has 0 saturated heterocycles. The van der Waals surface area contributed by atoms with Crippen LogP contribution < -0.4 is 0 Å². The lowest BCUT2D eigenvalue weighted by Gasteiger charge is -2.59. The number of ketones is 2. The summed E-state index contributed by atoms with van der Waals surface area (Å²) in [5.74, 6) is -0.551. The van der Waals surface area contributed by atoms with Crippen molar-refractivity contribution < 1.29 is 34.1 Å². The number of rotatable bonds is 5. The Morgan fingerprint density at radius 3 is 2.50 bits per heavy atom. The highest BCUT2D eigenvalue weighted by Crippen LogP contribution is 2.69. The first-order valence-corrected chi connectivity index (χ1v) is 11.6. The van der Waals surface area contributed by atoms with Crippen molar-refractivity contribution >= 4 is 17.5 Å². The van der Waals surface area contributed by atoms with Crippen LogP contribution in [0.1, 0.15) is 52.9 Å². The minimum absolute atomic E-state index is 0.0957. The molecule has 0 bridgehead atoms. The zero-order valence-corrected chi connectivity index (χ0v) is 19.3. The zero-order valence-electron chi connectivity index (χ0n) is 19.3. The van der Waals surface area contributed by atoms with E-state index in [0.717, 1.165) is 18.4 Å². The van der Waals surface area contributed by atoms with E-state index in [1.165, 1.54) is 13.2 Å². The number of hydrogen-bond acceptors (Lipinski definition) is 7. The molecule has 2 N–H and O–H groups in total. The van der Waals surface area contributed by atoms with Crippen LogP contribution >= 0.6 is 0 Å². The summed E-state index contributed by atoms with van der Waals surface area (Å²) in [5, 5.41) is 20.7. The monoisotopic (exact) mass is 446 g/mol. The van der Waals surface area contributed by atoms with E-state index in [0.29, 0.717) is 19.3 Å². The Balaban J connectivity index is 1.74. The van der Waals surface area contributed by atoms with Crippen LogP contribution in [0, 0.1) is 34.5 Å². The average Bonchev–Trinajstić information content (AvgIpc) is 3.03. The Morgan fingerprint density at radius 1 is 1.16 bits per heavy atom. The van der Waals surface area contributed by atoms with Crippen molar-refractivity contribution in [2.75, 3.05) is 20.3 Å². The molecule has 7 nitrogen and oxygen atoms in total. The maximum Gasteiger partial charge on any atom is 0.333 e. The zero-order chi connectivity index (χ0) is 23.5. The van der Waals surface area contributed by atoms with Gasteiger partial charge in [-0.1, -0.05) is 13.8 Å². The molecule has 0 radical (unpaired) electrons. The lowest BCUT2D eigenvalue weighted by molar-refractivity contribution is -0.194. The third-order valence-corrected chi connectivity index (χ3v) is 9.31. The van der Waals surface area contributed by atoms with Crippen LogP contribution in [-0.2, 0) is 23.9 Å². The van der Waals surface area contributed by atoms with Crippen LogP contribution in [0.4, 0.5) is 0 Å². The first-order valence-electron chi connectivity index (χ1n) is 11.6. The summed E-state index contributed by atoms with van der Waals surface area (Å²) in [5.41, 5.74) is -1.59. The van der Waals surface area contributed by atoms with Gasteiger partial charge in [0.2, 0.25) is 5.78 Å². The molecule has 4 aliphatic carbocycles. The van der Waals surface area contributed by atoms with Crippen molar-refractivity contribution in [1.29, 1.82) is 0 Å². The molecule has 0 heterocycles. The summed E-state index contributed by atoms with van der Waals surface area (Å²) in [6, 6.07) is 0. The standard InChI is InChI=1S/C25H34O7/c1-14-9-16-17-6-8-25(21(29)12-26,32-22(30)13-31-4)23(17,2)7-5-18(16)24(3)19(14)10-15(27)11-20(24)28/h10-11,14,16-18,26,28H,5-9,12-13H2,1-4H3/t14-,16-,17-,18-,23-,24+,25-/m0/s1. The fraction of sp³-hybridized carbons (Fsp3) is 0.720. The first-order chi connectivity index (χ1) is 15.0. The van der Waals surface area contributed by atoms with Crippen LogP contribution in [-0.4, -0.2) is 53.7 Å². The second kappa shape index (κ2) is 7.80. The van der Waals surface area contributed by atoms with Gasteiger partial charge in [0, 0.05) is 24.0 Å². The van der Waals surface area contributed by atoms with E-state index >= 15 is 0 Å². The Labute approximate surface area is 188 Å². The normalized spacial score (nSPS) is 42.8. The quantitative estimate of drug-likeness (QED) is 0.625. The highest BCUT2D eigenvalue weighted by molar-refractivity contribution is 6.01. The molecule has 4 rings (SSSR count). The Bertz CT molecular complexity index is 904. The van der Waals surface area contributed by atoms with Gasteiger partial charge in [-0.25, -0.2) is 4.79 Å². The van der Waals surface area contributed by atoms with Crippen LogP contribution in [0.2, 0.25) is 0 Å². The molecule has 0 aromatic heterocycles. The molecule has 176 valence electrons. The summed E-state index contributed by atoms with van der Waals surface area (Å²) >= 11 is 0. The number of aliphatic hydroxyl groups excluding tert-OH is 2. The second-order valence-corrected chi connectivity index (χ2v) is 10.6. The van der Waals surface area contributed by atoms with Gasteiger partial charge in [-0.05, 0) is 74.3 Å². The number of hydrogen-bond donors (Lipinski definition) is 2. The lowest BCUT2D eigenvalue weighted by atomic mass is 9.45. The van der Waals surface area contributed by atoms with Gasteiger partial charge in [-0.3, -0.25) is 9.59 Å². The Morgan fingerprint density at radius 2 is 1.84 bits per heavy atom. The van der Waals surface area contributed by atoms with E-state index in [4.69, 9.17) is 9.47 Å². The van der Waals surface area contributed by atoms with Crippen LogP contribution in [0.25, 0.3) is 0 Å². The van der Waals surface area contributed by atoms with Gasteiger partial charge in [0.05, 0.1) is 0 Å². The average molecular weight is 447 g/mol. The molecule has 0 amide bonds. The molecule has 4 aliphatic rings. The fourth-order valence-corrected chi connectivity index (χ4v) is 7.85. The maximum absolute atomic E-state index is 13.1. The van der Waals surface area contributed by atoms with Gasteiger partial charge in [-0.15, -0.1) is 0 Å². The summed E-state index contributed by atoms with van der Waals surface area (Å²) in [6.07, 6.45) is 6.32. The minimum Gasteiger partial charge on any atom is -0.511 e. The van der Waals surface area contributed by atoms with Gasteiger partial charge < -0.3 is 19.7 Å². The Kier molecular flexibility index (Phi) is 5.65. The highest BCUT2D eigenvalue weighted by Gasteiger charge is 2.69. The van der Waals surface area contributed by atoms with Gasteiger partial charge >= 0.3 is 5.97 Å². The second-order valence-electron chi connectivity index (χ2n) is 10.6. The number of carbonyl (C=O) groups excluding carboxylic acids is 3. The van der Waals surface area contributed by atoms with Crippen molar-refractivity contribution in [1.82, 2.24) is 0 Å². The molecular formula is C25H34O7. The van der Waals surface area contributed by atoms with E-state index in [9.17, 15) is 24.6 Å². The van der Waals surface area contributed by atoms with Crippen molar-refractivity contribution in [3.63, 3.8) is 0 Å². The van der Waals surface area contributed by atoms with Crippen molar-refractivity contribution in [3.8, 4) is 0 Å². The molecule has 0 aromatic rings. The smallest absolute Gasteiger partial charge is 0.333 e. The van der Waals surface area contributed by atoms with E-state index in [1.807, 2.05) is 13.8 Å². The fourth-order valence-electron chi connectivity index (χ4n) is 7.85. The van der Waals surface area contributed by atoms with Crippen molar-refractivity contribution in [2.45, 2.75) is 58.5 Å². The number of fused-ring (bicyclic) bond motifs is 5. The van der Waals surface area contributed by atoms with Gasteiger partial charge in [0.1, 0.15) is 19.0 Å². The predicted octanol–water partition coefficient (Wildman–Crippen LogP) is 2.92. The largest absolute Gasteiger partial charge is 0.511 e. The SMILES string of the molecule is COCC(=O)O[C@]1(C(=O)CO)CC[C@H]2[C@@H]3C[C@H](C)C4=CC(=O)C=C(O)[C@]4(C)[C@H]3CC[C@@]21C. The molecule has 0 aliphatic heterocycles.